The number of nitrogens with zero attached hydrogens (tertiary/aromatic N) is 3. The molecule has 3 rings (SSSR count). The zero-order chi connectivity index (χ0) is 19.4. The molecule has 0 radical (unpaired) electrons. The van der Waals surface area contributed by atoms with Crippen molar-refractivity contribution < 1.29 is 14.7 Å². The maximum absolute atomic E-state index is 12.2. The maximum Gasteiger partial charge on any atom is 0.347 e. The van der Waals surface area contributed by atoms with E-state index in [2.05, 4.69) is 15.4 Å². The second kappa shape index (κ2) is 8.13. The van der Waals surface area contributed by atoms with Gasteiger partial charge in [-0.1, -0.05) is 18.2 Å². The first-order chi connectivity index (χ1) is 12.9. The molecule has 2 aromatic heterocycles. The van der Waals surface area contributed by atoms with Crippen molar-refractivity contribution in [1.29, 1.82) is 0 Å². The van der Waals surface area contributed by atoms with Gasteiger partial charge in [0.15, 0.2) is 0 Å². The minimum atomic E-state index is -0.995. The van der Waals surface area contributed by atoms with Crippen molar-refractivity contribution in [2.24, 2.45) is 0 Å². The van der Waals surface area contributed by atoms with Crippen LogP contribution in [0.25, 0.3) is 5.69 Å². The average molecular weight is 384 g/mol. The number of aromatic carboxylic acids is 1. The van der Waals surface area contributed by atoms with Gasteiger partial charge < -0.3 is 10.4 Å². The number of thiazole rings is 1. The zero-order valence-electron chi connectivity index (χ0n) is 15.0. The molecule has 0 aliphatic carbocycles. The molecule has 8 heteroatoms. The molecule has 2 heterocycles. The summed E-state index contributed by atoms with van der Waals surface area (Å²) in [6, 6.07) is 9.44. The number of rotatable bonds is 7. The monoisotopic (exact) mass is 384 g/mol. The Hall–Kier alpha value is -3.00. The fourth-order valence-corrected chi connectivity index (χ4v) is 3.55. The zero-order valence-corrected chi connectivity index (χ0v) is 15.9. The third-order valence-corrected chi connectivity index (χ3v) is 5.38. The van der Waals surface area contributed by atoms with Crippen LogP contribution in [0.4, 0.5) is 0 Å². The maximum atomic E-state index is 12.2. The van der Waals surface area contributed by atoms with Crippen molar-refractivity contribution in [3.63, 3.8) is 0 Å². The highest BCUT2D eigenvalue weighted by Gasteiger charge is 2.19. The van der Waals surface area contributed by atoms with Crippen LogP contribution in [0.3, 0.4) is 0 Å². The van der Waals surface area contributed by atoms with E-state index in [0.29, 0.717) is 23.5 Å². The predicted molar refractivity (Wildman–Crippen MR) is 102 cm³/mol. The van der Waals surface area contributed by atoms with Crippen molar-refractivity contribution >= 4 is 23.2 Å². The van der Waals surface area contributed by atoms with Crippen molar-refractivity contribution in [3.8, 4) is 5.69 Å². The summed E-state index contributed by atoms with van der Waals surface area (Å²) in [6.07, 6.45) is 4.56. The molecule has 0 aliphatic heterocycles. The first-order valence-corrected chi connectivity index (χ1v) is 9.34. The average Bonchev–Trinajstić information content (AvgIpc) is 3.27. The molecule has 0 aliphatic rings. The molecule has 0 saturated carbocycles. The van der Waals surface area contributed by atoms with E-state index in [1.807, 2.05) is 36.5 Å². The van der Waals surface area contributed by atoms with E-state index in [9.17, 15) is 9.59 Å². The van der Waals surface area contributed by atoms with E-state index in [4.69, 9.17) is 5.11 Å². The van der Waals surface area contributed by atoms with Gasteiger partial charge in [0.25, 0.3) is 0 Å². The van der Waals surface area contributed by atoms with Gasteiger partial charge in [0.1, 0.15) is 9.88 Å². The van der Waals surface area contributed by atoms with E-state index in [1.54, 1.807) is 24.7 Å². The number of hydrogen-bond acceptors (Lipinski definition) is 5. The van der Waals surface area contributed by atoms with Crippen LogP contribution in [0.2, 0.25) is 0 Å². The lowest BCUT2D eigenvalue weighted by atomic mass is 10.2. The Labute approximate surface area is 160 Å². The molecule has 2 N–H and O–H groups in total. The minimum Gasteiger partial charge on any atom is -0.477 e. The molecule has 0 fully saturated rings. The number of benzene rings is 1. The number of carboxylic acid groups (broad SMARTS) is 1. The lowest BCUT2D eigenvalue weighted by Gasteiger charge is -2.10. The van der Waals surface area contributed by atoms with Gasteiger partial charge in [-0.2, -0.15) is 5.10 Å². The molecule has 7 nitrogen and oxygen atoms in total. The number of para-hydroxylation sites is 1. The second-order valence-corrected chi connectivity index (χ2v) is 7.22. The fourth-order valence-electron chi connectivity index (χ4n) is 2.65. The van der Waals surface area contributed by atoms with Crippen LogP contribution in [0.1, 0.15) is 45.3 Å². The summed E-state index contributed by atoms with van der Waals surface area (Å²) in [5, 5.41) is 16.9. The minimum absolute atomic E-state index is 0.111. The predicted octanol–water partition coefficient (Wildman–Crippen LogP) is 3.15. The summed E-state index contributed by atoms with van der Waals surface area (Å²) in [6.45, 7) is 3.46. The first kappa shape index (κ1) is 18.8. The first-order valence-electron chi connectivity index (χ1n) is 8.53. The van der Waals surface area contributed by atoms with Crippen LogP contribution in [0, 0.1) is 6.92 Å². The van der Waals surface area contributed by atoms with Crippen molar-refractivity contribution in [1.82, 2.24) is 20.1 Å². The van der Waals surface area contributed by atoms with Gasteiger partial charge in [-0.15, -0.1) is 11.3 Å². The molecule has 140 valence electrons. The topological polar surface area (TPSA) is 97.1 Å². The Morgan fingerprint density at radius 1 is 1.30 bits per heavy atom. The molecule has 0 bridgehead atoms. The largest absolute Gasteiger partial charge is 0.477 e. The Morgan fingerprint density at radius 3 is 2.70 bits per heavy atom. The number of carbonyl (C=O) groups is 2. The summed E-state index contributed by atoms with van der Waals surface area (Å²) < 4.78 is 1.78. The van der Waals surface area contributed by atoms with E-state index < -0.39 is 5.97 Å². The molecule has 1 unspecified atom stereocenters. The molecule has 3 aromatic rings. The van der Waals surface area contributed by atoms with Crippen molar-refractivity contribution in [3.05, 3.63) is 63.9 Å². The molecule has 1 amide bonds. The van der Waals surface area contributed by atoms with Crippen LogP contribution in [-0.2, 0) is 11.2 Å². The second-order valence-electron chi connectivity index (χ2n) is 6.19. The Kier molecular flexibility index (Phi) is 5.66. The lowest BCUT2D eigenvalue weighted by molar-refractivity contribution is -0.121. The lowest BCUT2D eigenvalue weighted by Crippen LogP contribution is -2.26. The third kappa shape index (κ3) is 4.59. The Balaban J connectivity index is 1.55. The number of nitrogens with one attached hydrogen (secondary N) is 1. The third-order valence-electron chi connectivity index (χ3n) is 4.05. The summed E-state index contributed by atoms with van der Waals surface area (Å²) >= 11 is 1.09. The quantitative estimate of drug-likeness (QED) is 0.652. The van der Waals surface area contributed by atoms with Crippen LogP contribution in [0.15, 0.2) is 42.7 Å². The number of aryl methyl sites for hydroxylation is 2. The van der Waals surface area contributed by atoms with Crippen LogP contribution in [0.5, 0.6) is 0 Å². The number of aromatic nitrogens is 3. The summed E-state index contributed by atoms with van der Waals surface area (Å²) in [7, 11) is 0. The number of amides is 1. The number of carboxylic acids is 1. The van der Waals surface area contributed by atoms with Crippen LogP contribution >= 0.6 is 11.3 Å². The summed E-state index contributed by atoms with van der Waals surface area (Å²) in [5.41, 5.74) is 2.41. The molecular formula is C19H20N4O3S. The van der Waals surface area contributed by atoms with Crippen molar-refractivity contribution in [2.75, 3.05) is 0 Å². The highest BCUT2D eigenvalue weighted by molar-refractivity contribution is 7.13. The van der Waals surface area contributed by atoms with E-state index in [-0.39, 0.29) is 16.8 Å². The molecule has 1 aromatic carbocycles. The van der Waals surface area contributed by atoms with Crippen molar-refractivity contribution in [2.45, 2.75) is 32.7 Å². The highest BCUT2D eigenvalue weighted by Crippen LogP contribution is 2.23. The molecule has 0 spiro atoms. The number of carbonyl (C=O) groups excluding carboxylic acids is 1. The van der Waals surface area contributed by atoms with E-state index in [0.717, 1.165) is 22.6 Å². The normalized spacial score (nSPS) is 11.9. The summed E-state index contributed by atoms with van der Waals surface area (Å²) in [4.78, 5) is 27.8. The fraction of sp³-hybridized carbons (Fsp3) is 0.263. The smallest absolute Gasteiger partial charge is 0.347 e. The molecular weight excluding hydrogens is 364 g/mol. The van der Waals surface area contributed by atoms with Gasteiger partial charge >= 0.3 is 5.97 Å². The van der Waals surface area contributed by atoms with Gasteiger partial charge in [0.2, 0.25) is 5.91 Å². The van der Waals surface area contributed by atoms with Gasteiger partial charge in [-0.05, 0) is 38.0 Å². The van der Waals surface area contributed by atoms with Gasteiger partial charge in [-0.25, -0.2) is 14.5 Å². The highest BCUT2D eigenvalue weighted by atomic mass is 32.1. The molecule has 27 heavy (non-hydrogen) atoms. The van der Waals surface area contributed by atoms with Crippen LogP contribution < -0.4 is 5.32 Å². The molecule has 0 saturated heterocycles. The van der Waals surface area contributed by atoms with E-state index in [1.165, 1.54) is 0 Å². The summed E-state index contributed by atoms with van der Waals surface area (Å²) in [5.74, 6) is -1.11. The van der Waals surface area contributed by atoms with Crippen LogP contribution in [-0.4, -0.2) is 31.7 Å². The van der Waals surface area contributed by atoms with E-state index >= 15 is 0 Å². The Morgan fingerprint density at radius 2 is 2.04 bits per heavy atom. The van der Waals surface area contributed by atoms with Gasteiger partial charge in [0.05, 0.1) is 23.6 Å². The SMILES string of the molecule is Cc1nc(C(C)NC(=O)CCc2cnn(-c3ccccc3)c2)sc1C(=O)O. The van der Waals surface area contributed by atoms with Gasteiger partial charge in [0, 0.05) is 12.6 Å². The Bertz CT molecular complexity index is 949. The molecule has 1 atom stereocenters. The standard InChI is InChI=1S/C19H20N4O3S/c1-12-17(19(25)26)27-18(22-12)13(2)21-16(24)9-8-14-10-20-23(11-14)15-6-4-3-5-7-15/h3-7,10-11,13H,8-9H2,1-2H3,(H,21,24)(H,25,26). The number of hydrogen-bond donors (Lipinski definition) is 2. The van der Waals surface area contributed by atoms with Gasteiger partial charge in [-0.3, -0.25) is 4.79 Å².